The largest absolute Gasteiger partial charge is 0.439 e. The number of hydrogen-bond donors (Lipinski definition) is 0. The number of allylic oxidation sites excluding steroid dienone is 4. The van der Waals surface area contributed by atoms with Crippen molar-refractivity contribution in [1.29, 1.82) is 0 Å². The molecule has 0 saturated heterocycles. The molecule has 0 aromatic heterocycles. The van der Waals surface area contributed by atoms with Gasteiger partial charge < -0.3 is 4.74 Å². The number of rotatable bonds is 7. The van der Waals surface area contributed by atoms with Crippen molar-refractivity contribution < 1.29 is 39.9 Å². The minimum atomic E-state index is -5.83. The van der Waals surface area contributed by atoms with E-state index in [0.717, 1.165) is 48.7 Å². The Bertz CT molecular complexity index is 1020. The van der Waals surface area contributed by atoms with E-state index in [2.05, 4.69) is 4.74 Å². The van der Waals surface area contributed by atoms with Crippen LogP contribution in [0.2, 0.25) is 0 Å². The topological polar surface area (TPSA) is 9.23 Å². The van der Waals surface area contributed by atoms with Crippen LogP contribution in [0.15, 0.2) is 66.5 Å². The summed E-state index contributed by atoms with van der Waals surface area (Å²) in [5.41, 5.74) is -1.48. The van der Waals surface area contributed by atoms with Crippen LogP contribution in [0.25, 0.3) is 5.57 Å². The summed E-state index contributed by atoms with van der Waals surface area (Å²) < 4.78 is 112. The van der Waals surface area contributed by atoms with Crippen molar-refractivity contribution >= 4 is 5.57 Å². The highest BCUT2D eigenvalue weighted by molar-refractivity contribution is 5.78. The van der Waals surface area contributed by atoms with Gasteiger partial charge in [-0.05, 0) is 41.3 Å². The Morgan fingerprint density at radius 3 is 2.12 bits per heavy atom. The van der Waals surface area contributed by atoms with E-state index in [1.54, 1.807) is 24.3 Å². The fourth-order valence-corrected chi connectivity index (χ4v) is 3.64. The third-order valence-electron chi connectivity index (χ3n) is 5.23. The number of hydrogen-bond acceptors (Lipinski definition) is 1. The molecule has 2 unspecified atom stereocenters. The molecule has 3 rings (SSSR count). The van der Waals surface area contributed by atoms with Crippen molar-refractivity contribution in [3.05, 3.63) is 83.2 Å². The van der Waals surface area contributed by atoms with Crippen LogP contribution >= 0.6 is 0 Å². The summed E-state index contributed by atoms with van der Waals surface area (Å²) in [6, 6.07) is 10.2. The lowest BCUT2D eigenvalue weighted by molar-refractivity contribution is -0.304. The molecule has 33 heavy (non-hydrogen) atoms. The number of alkyl halides is 7. The van der Waals surface area contributed by atoms with Crippen molar-refractivity contribution in [1.82, 2.24) is 0 Å². The molecule has 0 aliphatic heterocycles. The lowest BCUT2D eigenvalue weighted by Crippen LogP contribution is -2.45. The van der Waals surface area contributed by atoms with Crippen LogP contribution in [0.5, 0.6) is 5.75 Å². The van der Waals surface area contributed by atoms with Crippen molar-refractivity contribution in [2.24, 2.45) is 0 Å². The number of aryl methyl sites for hydroxylation is 1. The maximum Gasteiger partial charge on any atom is 0.439 e. The fraction of sp³-hybridized carbons (Fsp3) is 0.333. The zero-order chi connectivity index (χ0) is 24.4. The summed E-state index contributed by atoms with van der Waals surface area (Å²) in [5, 5.41) is 0. The van der Waals surface area contributed by atoms with Gasteiger partial charge in [0.15, 0.2) is 5.67 Å². The molecule has 178 valence electrons. The Labute approximate surface area is 185 Å². The Kier molecular flexibility index (Phi) is 6.91. The average molecular weight is 476 g/mol. The van der Waals surface area contributed by atoms with Gasteiger partial charge in [-0.2, -0.15) is 22.0 Å². The molecule has 1 aliphatic carbocycles. The van der Waals surface area contributed by atoms with Crippen molar-refractivity contribution in [2.45, 2.75) is 50.3 Å². The van der Waals surface area contributed by atoms with E-state index in [1.807, 2.05) is 6.92 Å². The second-order valence-electron chi connectivity index (χ2n) is 7.67. The van der Waals surface area contributed by atoms with Crippen LogP contribution in [0.3, 0.4) is 0 Å². The van der Waals surface area contributed by atoms with Gasteiger partial charge in [-0.3, -0.25) is 0 Å². The highest BCUT2D eigenvalue weighted by Gasteiger charge is 2.59. The third-order valence-corrected chi connectivity index (χ3v) is 5.23. The van der Waals surface area contributed by atoms with Crippen LogP contribution in [0, 0.1) is 0 Å². The quantitative estimate of drug-likeness (QED) is 0.368. The van der Waals surface area contributed by atoms with Crippen molar-refractivity contribution in [2.75, 3.05) is 0 Å². The molecule has 0 bridgehead atoms. The summed E-state index contributed by atoms with van der Waals surface area (Å²) >= 11 is 0. The molecular formula is C24H20F8O. The van der Waals surface area contributed by atoms with E-state index in [9.17, 15) is 30.7 Å². The van der Waals surface area contributed by atoms with E-state index < -0.39 is 35.7 Å². The predicted molar refractivity (Wildman–Crippen MR) is 108 cm³/mol. The summed E-state index contributed by atoms with van der Waals surface area (Å²) in [4.78, 5) is 0. The fourth-order valence-electron chi connectivity index (χ4n) is 3.64. The van der Waals surface area contributed by atoms with Gasteiger partial charge in [0.2, 0.25) is 0 Å². The van der Waals surface area contributed by atoms with Crippen LogP contribution < -0.4 is 4.74 Å². The normalized spacial score (nSPS) is 20.2. The monoisotopic (exact) mass is 476 g/mol. The zero-order valence-corrected chi connectivity index (χ0v) is 17.4. The first-order valence-electron chi connectivity index (χ1n) is 10.1. The average Bonchev–Trinajstić information content (AvgIpc) is 2.74. The molecule has 0 saturated carbocycles. The van der Waals surface area contributed by atoms with Gasteiger partial charge >= 0.3 is 12.3 Å². The summed E-state index contributed by atoms with van der Waals surface area (Å²) in [7, 11) is 0. The van der Waals surface area contributed by atoms with Crippen LogP contribution in [0.1, 0.15) is 36.5 Å². The van der Waals surface area contributed by atoms with Crippen LogP contribution in [0.4, 0.5) is 35.1 Å². The van der Waals surface area contributed by atoms with Gasteiger partial charge in [-0.1, -0.05) is 55.8 Å². The predicted octanol–water partition coefficient (Wildman–Crippen LogP) is 8.02. The molecule has 1 aliphatic rings. The maximum absolute atomic E-state index is 16.2. The Morgan fingerprint density at radius 1 is 0.970 bits per heavy atom. The summed E-state index contributed by atoms with van der Waals surface area (Å²) in [5.74, 6) is -1.68. The van der Waals surface area contributed by atoms with E-state index in [0.29, 0.717) is 0 Å². The van der Waals surface area contributed by atoms with Gasteiger partial charge in [0.25, 0.3) is 6.17 Å². The van der Waals surface area contributed by atoms with Crippen molar-refractivity contribution in [3.63, 3.8) is 0 Å². The molecule has 9 heteroatoms. The zero-order valence-electron chi connectivity index (χ0n) is 17.4. The van der Waals surface area contributed by atoms with Gasteiger partial charge in [-0.15, -0.1) is 0 Å². The van der Waals surface area contributed by atoms with Gasteiger partial charge in [0.05, 0.1) is 0 Å². The maximum atomic E-state index is 16.2. The van der Waals surface area contributed by atoms with Crippen LogP contribution in [-0.2, 0) is 12.1 Å². The van der Waals surface area contributed by atoms with E-state index in [4.69, 9.17) is 0 Å². The van der Waals surface area contributed by atoms with E-state index in [-0.39, 0.29) is 23.1 Å². The molecule has 0 heterocycles. The standard InChI is InChI=1S/C24H20F8O/c1-2-4-15-6-10-17(11-7-15)22(27)14-3-5-19(25)20(22)16-8-12-18(13-9-16)33-24(31,32)21(26)23(28,29)30/h3,5-13,21H,2,4,14H2,1H3. The van der Waals surface area contributed by atoms with Crippen LogP contribution in [-0.4, -0.2) is 18.5 Å². The number of ether oxygens (including phenoxy) is 1. The molecule has 1 nitrogen and oxygen atoms in total. The molecule has 2 aromatic carbocycles. The SMILES string of the molecule is CCCc1ccc(C2(F)CC=CC(F)=C2c2ccc(OC(F)(F)C(F)C(F)(F)F)cc2)cc1. The van der Waals surface area contributed by atoms with Crippen molar-refractivity contribution in [3.8, 4) is 5.75 Å². The lowest BCUT2D eigenvalue weighted by atomic mass is 9.78. The molecule has 0 N–H and O–H groups in total. The molecule has 2 atom stereocenters. The molecule has 0 spiro atoms. The molecule has 2 aromatic rings. The van der Waals surface area contributed by atoms with Gasteiger partial charge in [0, 0.05) is 12.0 Å². The first kappa shape index (κ1) is 24.8. The summed E-state index contributed by atoms with van der Waals surface area (Å²) in [6.45, 7) is 1.99. The second kappa shape index (κ2) is 9.19. The lowest BCUT2D eigenvalue weighted by Gasteiger charge is -2.31. The van der Waals surface area contributed by atoms with E-state index in [1.165, 1.54) is 6.08 Å². The Balaban J connectivity index is 1.91. The molecular weight excluding hydrogens is 456 g/mol. The minimum absolute atomic E-state index is 0.0275. The Hall–Kier alpha value is -2.84. The first-order chi connectivity index (χ1) is 15.4. The van der Waals surface area contributed by atoms with E-state index >= 15 is 4.39 Å². The van der Waals surface area contributed by atoms with Gasteiger partial charge in [-0.25, -0.2) is 13.2 Å². The molecule has 0 amide bonds. The minimum Gasteiger partial charge on any atom is -0.430 e. The second-order valence-corrected chi connectivity index (χ2v) is 7.67. The Morgan fingerprint density at radius 2 is 1.58 bits per heavy atom. The number of halogens is 8. The molecule has 0 radical (unpaired) electrons. The first-order valence-corrected chi connectivity index (χ1v) is 10.1. The third kappa shape index (κ3) is 5.23. The van der Waals surface area contributed by atoms with Gasteiger partial charge in [0.1, 0.15) is 11.6 Å². The summed E-state index contributed by atoms with van der Waals surface area (Å²) in [6.07, 6.45) is -11.6. The smallest absolute Gasteiger partial charge is 0.430 e. The highest BCUT2D eigenvalue weighted by Crippen LogP contribution is 2.48. The number of benzene rings is 2. The highest BCUT2D eigenvalue weighted by atomic mass is 19.4. The molecule has 0 fully saturated rings.